The van der Waals surface area contributed by atoms with Gasteiger partial charge in [-0.2, -0.15) is 0 Å². The first-order chi connectivity index (χ1) is 8.15. The lowest BCUT2D eigenvalue weighted by Gasteiger charge is -2.32. The van der Waals surface area contributed by atoms with E-state index in [4.69, 9.17) is 0 Å². The fourth-order valence-electron chi connectivity index (χ4n) is 2.08. The molecule has 1 saturated heterocycles. The number of hydrazine groups is 1. The first-order valence-electron chi connectivity index (χ1n) is 6.38. The molecule has 0 unspecified atom stereocenters. The summed E-state index contributed by atoms with van der Waals surface area (Å²) in [5, 5.41) is 2.33. The molecule has 3 heteroatoms. The van der Waals surface area contributed by atoms with E-state index in [1.165, 1.54) is 16.7 Å². The second kappa shape index (κ2) is 5.63. The lowest BCUT2D eigenvalue weighted by atomic mass is 10.1. The highest BCUT2D eigenvalue weighted by Crippen LogP contribution is 2.09. The number of hydrogen-bond donors (Lipinski definition) is 1. The summed E-state index contributed by atoms with van der Waals surface area (Å²) in [6.07, 6.45) is 0. The molecule has 3 nitrogen and oxygen atoms in total. The maximum atomic E-state index is 3.51. The van der Waals surface area contributed by atoms with E-state index >= 15 is 0 Å². The Morgan fingerprint density at radius 3 is 2.41 bits per heavy atom. The van der Waals surface area contributed by atoms with Crippen molar-refractivity contribution >= 4 is 0 Å². The van der Waals surface area contributed by atoms with Crippen LogP contribution in [0.25, 0.3) is 0 Å². The second-order valence-electron chi connectivity index (χ2n) is 5.04. The molecule has 0 aliphatic carbocycles. The summed E-state index contributed by atoms with van der Waals surface area (Å²) >= 11 is 0. The minimum absolute atomic E-state index is 0.935. The van der Waals surface area contributed by atoms with Gasteiger partial charge in [0.05, 0.1) is 0 Å². The van der Waals surface area contributed by atoms with Crippen LogP contribution < -0.4 is 5.43 Å². The zero-order chi connectivity index (χ0) is 12.3. The van der Waals surface area contributed by atoms with E-state index in [0.717, 1.165) is 32.7 Å². The van der Waals surface area contributed by atoms with Crippen LogP contribution in [-0.4, -0.2) is 43.1 Å². The number of nitrogens with one attached hydrogen (secondary N) is 1. The molecule has 1 aliphatic rings. The number of piperazine rings is 1. The number of aryl methyl sites for hydroxylation is 2. The van der Waals surface area contributed by atoms with E-state index < -0.39 is 0 Å². The van der Waals surface area contributed by atoms with Crippen LogP contribution in [0.2, 0.25) is 0 Å². The van der Waals surface area contributed by atoms with Crippen LogP contribution in [0.1, 0.15) is 16.7 Å². The summed E-state index contributed by atoms with van der Waals surface area (Å²) in [6, 6.07) is 6.69. The topological polar surface area (TPSA) is 18.5 Å². The van der Waals surface area contributed by atoms with Gasteiger partial charge >= 0.3 is 0 Å². The number of likely N-dealkylation sites (N-methyl/N-ethyl adjacent to an activating group) is 1. The van der Waals surface area contributed by atoms with E-state index in [9.17, 15) is 0 Å². The first-order valence-corrected chi connectivity index (χ1v) is 6.38. The van der Waals surface area contributed by atoms with Crippen LogP contribution in [0.3, 0.4) is 0 Å². The number of nitrogens with zero attached hydrogens (tertiary/aromatic N) is 2. The van der Waals surface area contributed by atoms with Gasteiger partial charge in [-0.25, -0.2) is 5.01 Å². The van der Waals surface area contributed by atoms with Crippen LogP contribution in [0.5, 0.6) is 0 Å². The molecule has 0 aromatic heterocycles. The maximum Gasteiger partial charge on any atom is 0.0353 e. The third-order valence-electron chi connectivity index (χ3n) is 3.58. The molecule has 0 spiro atoms. The average Bonchev–Trinajstić information content (AvgIpc) is 2.33. The number of benzene rings is 1. The molecule has 0 atom stereocenters. The van der Waals surface area contributed by atoms with Gasteiger partial charge in [0.25, 0.3) is 0 Å². The molecular formula is C14H23N3. The zero-order valence-electron chi connectivity index (χ0n) is 11.2. The van der Waals surface area contributed by atoms with Gasteiger partial charge in [-0.15, -0.1) is 0 Å². The number of rotatable bonds is 3. The third-order valence-corrected chi connectivity index (χ3v) is 3.58. The minimum Gasteiger partial charge on any atom is -0.304 e. The third kappa shape index (κ3) is 3.53. The Kier molecular flexibility index (Phi) is 4.15. The van der Waals surface area contributed by atoms with Gasteiger partial charge in [0.15, 0.2) is 0 Å². The Morgan fingerprint density at radius 1 is 1.06 bits per heavy atom. The van der Waals surface area contributed by atoms with Gasteiger partial charge in [0, 0.05) is 32.7 Å². The largest absolute Gasteiger partial charge is 0.304 e. The molecule has 0 bridgehead atoms. The summed E-state index contributed by atoms with van der Waals surface area (Å²) < 4.78 is 0. The smallest absolute Gasteiger partial charge is 0.0353 e. The molecule has 0 radical (unpaired) electrons. The van der Waals surface area contributed by atoms with E-state index in [-0.39, 0.29) is 0 Å². The van der Waals surface area contributed by atoms with Crippen molar-refractivity contribution in [1.82, 2.24) is 15.3 Å². The normalized spacial score (nSPS) is 18.5. The molecule has 1 fully saturated rings. The fraction of sp³-hybridized carbons (Fsp3) is 0.571. The zero-order valence-corrected chi connectivity index (χ0v) is 11.2. The first kappa shape index (κ1) is 12.6. The molecule has 94 valence electrons. The summed E-state index contributed by atoms with van der Waals surface area (Å²) in [7, 11) is 2.18. The lowest BCUT2D eigenvalue weighted by Crippen LogP contribution is -2.50. The Labute approximate surface area is 104 Å². The van der Waals surface area contributed by atoms with Gasteiger partial charge in [-0.3, -0.25) is 5.43 Å². The van der Waals surface area contributed by atoms with Crippen molar-refractivity contribution < 1.29 is 0 Å². The Morgan fingerprint density at radius 2 is 1.76 bits per heavy atom. The molecular weight excluding hydrogens is 210 g/mol. The van der Waals surface area contributed by atoms with Crippen molar-refractivity contribution in [2.45, 2.75) is 20.4 Å². The van der Waals surface area contributed by atoms with Gasteiger partial charge in [-0.1, -0.05) is 18.2 Å². The van der Waals surface area contributed by atoms with Crippen LogP contribution in [0.15, 0.2) is 18.2 Å². The predicted molar refractivity (Wildman–Crippen MR) is 71.8 cm³/mol. The molecule has 1 aromatic rings. The van der Waals surface area contributed by atoms with Crippen molar-refractivity contribution in [3.63, 3.8) is 0 Å². The fourth-order valence-corrected chi connectivity index (χ4v) is 2.08. The average molecular weight is 233 g/mol. The highest BCUT2D eigenvalue weighted by atomic mass is 15.5. The van der Waals surface area contributed by atoms with Crippen molar-refractivity contribution in [2.75, 3.05) is 33.2 Å². The van der Waals surface area contributed by atoms with E-state index in [0.29, 0.717) is 0 Å². The Hall–Kier alpha value is -0.900. The van der Waals surface area contributed by atoms with Crippen molar-refractivity contribution in [3.8, 4) is 0 Å². The van der Waals surface area contributed by atoms with Crippen LogP contribution in [0, 0.1) is 13.8 Å². The van der Waals surface area contributed by atoms with E-state index in [1.54, 1.807) is 0 Å². The minimum atomic E-state index is 0.935. The SMILES string of the molecule is Cc1ccc(CNN2CCN(C)CC2)cc1C. The van der Waals surface area contributed by atoms with Crippen LogP contribution >= 0.6 is 0 Å². The Balaban J connectivity index is 1.83. The quantitative estimate of drug-likeness (QED) is 0.854. The van der Waals surface area contributed by atoms with Gasteiger partial charge in [0.2, 0.25) is 0 Å². The summed E-state index contributed by atoms with van der Waals surface area (Å²) in [6.45, 7) is 9.80. The summed E-state index contributed by atoms with van der Waals surface area (Å²) in [4.78, 5) is 2.37. The van der Waals surface area contributed by atoms with E-state index in [2.05, 4.69) is 54.4 Å². The van der Waals surface area contributed by atoms with Gasteiger partial charge < -0.3 is 4.90 Å². The van der Waals surface area contributed by atoms with Crippen molar-refractivity contribution in [1.29, 1.82) is 0 Å². The highest BCUT2D eigenvalue weighted by Gasteiger charge is 2.12. The molecule has 1 N–H and O–H groups in total. The maximum absolute atomic E-state index is 3.51. The van der Waals surface area contributed by atoms with Crippen LogP contribution in [-0.2, 0) is 6.54 Å². The lowest BCUT2D eigenvalue weighted by molar-refractivity contribution is 0.102. The summed E-state index contributed by atoms with van der Waals surface area (Å²) in [5.74, 6) is 0. The molecule has 0 amide bonds. The van der Waals surface area contributed by atoms with Crippen molar-refractivity contribution in [3.05, 3.63) is 34.9 Å². The van der Waals surface area contributed by atoms with Gasteiger partial charge in [-0.05, 0) is 37.6 Å². The Bertz CT molecular complexity index is 368. The molecule has 17 heavy (non-hydrogen) atoms. The molecule has 0 saturated carbocycles. The number of hydrogen-bond acceptors (Lipinski definition) is 3. The molecule has 1 aliphatic heterocycles. The molecule has 2 rings (SSSR count). The monoisotopic (exact) mass is 233 g/mol. The predicted octanol–water partition coefficient (Wildman–Crippen LogP) is 1.56. The second-order valence-corrected chi connectivity index (χ2v) is 5.04. The van der Waals surface area contributed by atoms with Crippen molar-refractivity contribution in [2.24, 2.45) is 0 Å². The summed E-state index contributed by atoms with van der Waals surface area (Å²) in [5.41, 5.74) is 7.63. The van der Waals surface area contributed by atoms with Crippen LogP contribution in [0.4, 0.5) is 0 Å². The standard InChI is InChI=1S/C14H23N3/c1-12-4-5-14(10-13(12)2)11-15-17-8-6-16(3)7-9-17/h4-5,10,15H,6-9,11H2,1-3H3. The highest BCUT2D eigenvalue weighted by molar-refractivity contribution is 5.29. The van der Waals surface area contributed by atoms with E-state index in [1.807, 2.05) is 0 Å². The molecule has 1 heterocycles. The van der Waals surface area contributed by atoms with Gasteiger partial charge in [0.1, 0.15) is 0 Å². The molecule has 1 aromatic carbocycles.